The Kier molecular flexibility index (Phi) is 3.80. The van der Waals surface area contributed by atoms with Crippen LogP contribution in [-0.4, -0.2) is 0 Å². The summed E-state index contributed by atoms with van der Waals surface area (Å²) in [6.45, 7) is 5.22. The summed E-state index contributed by atoms with van der Waals surface area (Å²) in [5, 5.41) is 3.46. The lowest BCUT2D eigenvalue weighted by Crippen LogP contribution is -2.16. The van der Waals surface area contributed by atoms with Gasteiger partial charge in [0.15, 0.2) is 0 Å². The Hall–Kier alpha value is -1.06. The highest BCUT2D eigenvalue weighted by Crippen LogP contribution is 2.18. The van der Waals surface area contributed by atoms with Crippen molar-refractivity contribution in [2.24, 2.45) is 0 Å². The maximum Gasteiger partial charge on any atom is 0.120 e. The molecule has 0 amide bonds. The van der Waals surface area contributed by atoms with Crippen molar-refractivity contribution >= 4 is 11.3 Å². The average Bonchev–Trinajstić information content (AvgIpc) is 2.96. The van der Waals surface area contributed by atoms with Gasteiger partial charge in [0.1, 0.15) is 5.76 Å². The normalized spacial score (nSPS) is 12.9. The molecule has 0 aliphatic carbocycles. The second kappa shape index (κ2) is 5.32. The van der Waals surface area contributed by atoms with Gasteiger partial charge in [0, 0.05) is 16.3 Å². The number of hydrogen-bond acceptors (Lipinski definition) is 3. The Morgan fingerprint density at radius 1 is 1.31 bits per heavy atom. The molecule has 0 saturated heterocycles. The summed E-state index contributed by atoms with van der Waals surface area (Å²) in [5.74, 6) is 0.993. The summed E-state index contributed by atoms with van der Waals surface area (Å²) >= 11 is 1.88. The van der Waals surface area contributed by atoms with Crippen molar-refractivity contribution in [3.05, 3.63) is 46.0 Å². The van der Waals surface area contributed by atoms with E-state index in [1.165, 1.54) is 9.75 Å². The van der Waals surface area contributed by atoms with Crippen LogP contribution in [0.25, 0.3) is 0 Å². The van der Waals surface area contributed by atoms with E-state index >= 15 is 0 Å². The fraction of sp³-hybridized carbons (Fsp3) is 0.385. The summed E-state index contributed by atoms with van der Waals surface area (Å²) in [6, 6.07) is 8.60. The zero-order chi connectivity index (χ0) is 11.4. The van der Waals surface area contributed by atoms with Crippen molar-refractivity contribution in [3.63, 3.8) is 0 Å². The van der Waals surface area contributed by atoms with Gasteiger partial charge in [-0.1, -0.05) is 6.92 Å². The third-order valence-corrected chi connectivity index (χ3v) is 3.85. The Bertz CT molecular complexity index is 419. The minimum atomic E-state index is 0.266. The first kappa shape index (κ1) is 11.4. The predicted octanol–water partition coefficient (Wildman–Crippen LogP) is 3.75. The van der Waals surface area contributed by atoms with E-state index in [-0.39, 0.29) is 6.04 Å². The minimum Gasteiger partial charge on any atom is -0.468 e. The van der Waals surface area contributed by atoms with Gasteiger partial charge in [0.05, 0.1) is 12.3 Å². The first-order valence-electron chi connectivity index (χ1n) is 5.64. The Morgan fingerprint density at radius 2 is 2.12 bits per heavy atom. The van der Waals surface area contributed by atoms with Crippen molar-refractivity contribution < 1.29 is 4.42 Å². The molecule has 2 heterocycles. The highest BCUT2D eigenvalue weighted by Gasteiger charge is 2.07. The van der Waals surface area contributed by atoms with Crippen molar-refractivity contribution in [2.45, 2.75) is 32.9 Å². The highest BCUT2D eigenvalue weighted by atomic mass is 32.1. The largest absolute Gasteiger partial charge is 0.468 e. The van der Waals surface area contributed by atoms with Crippen LogP contribution < -0.4 is 5.32 Å². The van der Waals surface area contributed by atoms with Gasteiger partial charge in [-0.2, -0.15) is 0 Å². The van der Waals surface area contributed by atoms with Gasteiger partial charge < -0.3 is 9.73 Å². The van der Waals surface area contributed by atoms with Crippen LogP contribution in [0.4, 0.5) is 0 Å². The van der Waals surface area contributed by atoms with Gasteiger partial charge in [0.2, 0.25) is 0 Å². The van der Waals surface area contributed by atoms with Crippen LogP contribution in [0.5, 0.6) is 0 Å². The van der Waals surface area contributed by atoms with Crippen LogP contribution in [-0.2, 0) is 13.0 Å². The van der Waals surface area contributed by atoms with Gasteiger partial charge in [0.25, 0.3) is 0 Å². The third kappa shape index (κ3) is 2.74. The molecule has 0 aromatic carbocycles. The number of thiophene rings is 1. The molecule has 0 radical (unpaired) electrons. The number of furan rings is 1. The first-order valence-corrected chi connectivity index (χ1v) is 6.45. The molecule has 2 aromatic rings. The molecular formula is C13H17NOS. The van der Waals surface area contributed by atoms with E-state index in [0.29, 0.717) is 0 Å². The van der Waals surface area contributed by atoms with E-state index in [9.17, 15) is 0 Å². The smallest absolute Gasteiger partial charge is 0.120 e. The lowest BCUT2D eigenvalue weighted by molar-refractivity contribution is 0.431. The molecular weight excluding hydrogens is 218 g/mol. The lowest BCUT2D eigenvalue weighted by Gasteiger charge is -2.09. The second-order valence-corrected chi connectivity index (χ2v) is 5.09. The summed E-state index contributed by atoms with van der Waals surface area (Å²) in [6.07, 6.45) is 2.84. The number of nitrogens with one attached hydrogen (secondary N) is 1. The highest BCUT2D eigenvalue weighted by molar-refractivity contribution is 7.11. The third-order valence-electron chi connectivity index (χ3n) is 2.62. The fourth-order valence-corrected chi connectivity index (χ4v) is 2.51. The molecule has 2 rings (SSSR count). The van der Waals surface area contributed by atoms with Gasteiger partial charge in [-0.05, 0) is 37.6 Å². The number of hydrogen-bond donors (Lipinski definition) is 1. The number of rotatable bonds is 5. The van der Waals surface area contributed by atoms with Crippen LogP contribution in [0.15, 0.2) is 34.9 Å². The summed E-state index contributed by atoms with van der Waals surface area (Å²) < 4.78 is 5.35. The van der Waals surface area contributed by atoms with Crippen molar-refractivity contribution in [1.29, 1.82) is 0 Å². The van der Waals surface area contributed by atoms with Gasteiger partial charge in [-0.25, -0.2) is 0 Å². The number of aryl methyl sites for hydroxylation is 1. The van der Waals surface area contributed by atoms with Gasteiger partial charge in [-0.15, -0.1) is 11.3 Å². The Morgan fingerprint density at radius 3 is 2.75 bits per heavy atom. The molecule has 0 spiro atoms. The monoisotopic (exact) mass is 235 g/mol. The van der Waals surface area contributed by atoms with E-state index < -0.39 is 0 Å². The molecule has 1 unspecified atom stereocenters. The minimum absolute atomic E-state index is 0.266. The van der Waals surface area contributed by atoms with Crippen LogP contribution in [0.2, 0.25) is 0 Å². The van der Waals surface area contributed by atoms with Crippen LogP contribution in [0.3, 0.4) is 0 Å². The molecule has 1 atom stereocenters. The van der Waals surface area contributed by atoms with Crippen molar-refractivity contribution in [2.75, 3.05) is 0 Å². The molecule has 0 aliphatic rings. The van der Waals surface area contributed by atoms with Gasteiger partial charge in [-0.3, -0.25) is 0 Å². The van der Waals surface area contributed by atoms with E-state index in [1.54, 1.807) is 6.26 Å². The molecule has 0 bridgehead atoms. The van der Waals surface area contributed by atoms with E-state index in [2.05, 4.69) is 31.3 Å². The zero-order valence-electron chi connectivity index (χ0n) is 9.69. The molecule has 1 N–H and O–H groups in total. The van der Waals surface area contributed by atoms with E-state index in [4.69, 9.17) is 4.42 Å². The zero-order valence-corrected chi connectivity index (χ0v) is 10.5. The molecule has 2 aromatic heterocycles. The van der Waals surface area contributed by atoms with E-state index in [0.717, 1.165) is 18.7 Å². The second-order valence-electron chi connectivity index (χ2n) is 3.84. The molecule has 2 nitrogen and oxygen atoms in total. The molecule has 0 saturated carbocycles. The Balaban J connectivity index is 1.87. The molecule has 16 heavy (non-hydrogen) atoms. The molecule has 86 valence electrons. The average molecular weight is 235 g/mol. The summed E-state index contributed by atoms with van der Waals surface area (Å²) in [5.41, 5.74) is 0. The first-order chi connectivity index (χ1) is 7.79. The molecule has 0 aliphatic heterocycles. The SMILES string of the molecule is CCc1ccc(CNC(C)c2ccco2)s1. The van der Waals surface area contributed by atoms with Gasteiger partial charge >= 0.3 is 0 Å². The topological polar surface area (TPSA) is 25.2 Å². The van der Waals surface area contributed by atoms with Crippen molar-refractivity contribution in [1.82, 2.24) is 5.32 Å². The van der Waals surface area contributed by atoms with Crippen LogP contribution in [0, 0.1) is 0 Å². The predicted molar refractivity (Wildman–Crippen MR) is 67.7 cm³/mol. The van der Waals surface area contributed by atoms with Crippen LogP contribution in [0.1, 0.15) is 35.4 Å². The van der Waals surface area contributed by atoms with E-state index in [1.807, 2.05) is 23.5 Å². The molecule has 0 fully saturated rings. The summed E-state index contributed by atoms with van der Waals surface area (Å²) in [4.78, 5) is 2.83. The lowest BCUT2D eigenvalue weighted by atomic mass is 10.2. The maximum absolute atomic E-state index is 5.35. The fourth-order valence-electron chi connectivity index (χ4n) is 1.60. The molecule has 3 heteroatoms. The van der Waals surface area contributed by atoms with Crippen molar-refractivity contribution in [3.8, 4) is 0 Å². The summed E-state index contributed by atoms with van der Waals surface area (Å²) in [7, 11) is 0. The maximum atomic E-state index is 5.35. The quantitative estimate of drug-likeness (QED) is 0.853. The van der Waals surface area contributed by atoms with Crippen LogP contribution >= 0.6 is 11.3 Å². The Labute approximate surface area is 100 Å². The standard InChI is InChI=1S/C13H17NOS/c1-3-11-6-7-12(16-11)9-14-10(2)13-5-4-8-15-13/h4-8,10,14H,3,9H2,1-2H3.